The molecule has 1 aliphatic heterocycles. The van der Waals surface area contributed by atoms with Gasteiger partial charge in [-0.15, -0.1) is 0 Å². The number of amides is 1. The number of primary amides is 1. The van der Waals surface area contributed by atoms with E-state index in [0.717, 1.165) is 25.1 Å². The predicted molar refractivity (Wildman–Crippen MR) is 76.3 cm³/mol. The van der Waals surface area contributed by atoms with Crippen molar-refractivity contribution in [2.75, 3.05) is 30.8 Å². The van der Waals surface area contributed by atoms with Crippen LogP contribution in [0.3, 0.4) is 0 Å². The Balaban J connectivity index is 2.32. The molecule has 1 heterocycles. The topological polar surface area (TPSA) is 98.7 Å². The lowest BCUT2D eigenvalue weighted by Gasteiger charge is -2.34. The Morgan fingerprint density at radius 3 is 2.80 bits per heavy atom. The monoisotopic (exact) mass is 277 g/mol. The molecule has 1 aromatic carbocycles. The van der Waals surface area contributed by atoms with Crippen LogP contribution in [-0.2, 0) is 9.53 Å². The third-order valence-corrected chi connectivity index (χ3v) is 3.59. The van der Waals surface area contributed by atoms with Crippen molar-refractivity contribution in [3.05, 3.63) is 23.8 Å². The standard InChI is InChI=1S/C14H19N3O3/c1-20-14(19)11-7-10(15)4-5-12(11)17-6-2-3-9(8-17)13(16)18/h4-5,7,9H,2-3,6,8,15H2,1H3,(H2,16,18). The fourth-order valence-corrected chi connectivity index (χ4v) is 2.53. The van der Waals surface area contributed by atoms with Gasteiger partial charge in [-0.3, -0.25) is 4.79 Å². The first-order valence-corrected chi connectivity index (χ1v) is 6.55. The molecule has 1 aromatic rings. The summed E-state index contributed by atoms with van der Waals surface area (Å²) in [5.74, 6) is -0.926. The van der Waals surface area contributed by atoms with E-state index in [1.54, 1.807) is 18.2 Å². The first-order chi connectivity index (χ1) is 9.52. The van der Waals surface area contributed by atoms with Crippen LogP contribution in [0.1, 0.15) is 23.2 Å². The molecule has 1 saturated heterocycles. The number of hydrogen-bond acceptors (Lipinski definition) is 5. The van der Waals surface area contributed by atoms with E-state index in [1.807, 2.05) is 4.90 Å². The molecule has 0 radical (unpaired) electrons. The molecule has 1 fully saturated rings. The van der Waals surface area contributed by atoms with Crippen molar-refractivity contribution in [2.24, 2.45) is 11.7 Å². The summed E-state index contributed by atoms with van der Waals surface area (Å²) >= 11 is 0. The van der Waals surface area contributed by atoms with Crippen molar-refractivity contribution < 1.29 is 14.3 Å². The lowest BCUT2D eigenvalue weighted by Crippen LogP contribution is -2.41. The second-order valence-electron chi connectivity index (χ2n) is 4.96. The molecular formula is C14H19N3O3. The number of nitrogen functional groups attached to an aromatic ring is 1. The number of piperidine rings is 1. The van der Waals surface area contributed by atoms with Gasteiger partial charge in [0, 0.05) is 18.8 Å². The van der Waals surface area contributed by atoms with Gasteiger partial charge in [-0.25, -0.2) is 4.79 Å². The first kappa shape index (κ1) is 14.2. The molecule has 0 aliphatic carbocycles. The van der Waals surface area contributed by atoms with Gasteiger partial charge < -0.3 is 21.1 Å². The molecule has 20 heavy (non-hydrogen) atoms. The number of nitrogens with zero attached hydrogens (tertiary/aromatic N) is 1. The molecule has 0 bridgehead atoms. The fourth-order valence-electron chi connectivity index (χ4n) is 2.53. The summed E-state index contributed by atoms with van der Waals surface area (Å²) in [6, 6.07) is 5.11. The maximum absolute atomic E-state index is 11.8. The van der Waals surface area contributed by atoms with E-state index in [4.69, 9.17) is 16.2 Å². The Hall–Kier alpha value is -2.24. The molecule has 0 spiro atoms. The Kier molecular flexibility index (Phi) is 4.12. The number of anilines is 2. The van der Waals surface area contributed by atoms with E-state index in [-0.39, 0.29) is 11.8 Å². The summed E-state index contributed by atoms with van der Waals surface area (Å²) in [4.78, 5) is 25.2. The molecule has 1 amide bonds. The SMILES string of the molecule is COC(=O)c1cc(N)ccc1N1CCCC(C(N)=O)C1. The van der Waals surface area contributed by atoms with Crippen molar-refractivity contribution in [3.8, 4) is 0 Å². The fraction of sp³-hybridized carbons (Fsp3) is 0.429. The van der Waals surface area contributed by atoms with Crippen LogP contribution >= 0.6 is 0 Å². The predicted octanol–water partition coefficient (Wildman–Crippen LogP) is 0.757. The minimum absolute atomic E-state index is 0.188. The Morgan fingerprint density at radius 1 is 1.40 bits per heavy atom. The number of rotatable bonds is 3. The van der Waals surface area contributed by atoms with Crippen molar-refractivity contribution in [1.82, 2.24) is 0 Å². The number of esters is 1. The van der Waals surface area contributed by atoms with Gasteiger partial charge in [0.1, 0.15) is 0 Å². The molecule has 2 rings (SSSR count). The van der Waals surface area contributed by atoms with Crippen molar-refractivity contribution in [3.63, 3.8) is 0 Å². The number of methoxy groups -OCH3 is 1. The van der Waals surface area contributed by atoms with Crippen LogP contribution in [0.4, 0.5) is 11.4 Å². The average molecular weight is 277 g/mol. The van der Waals surface area contributed by atoms with Gasteiger partial charge in [0.25, 0.3) is 0 Å². The van der Waals surface area contributed by atoms with Crippen LogP contribution in [0, 0.1) is 5.92 Å². The normalized spacial score (nSPS) is 18.6. The summed E-state index contributed by atoms with van der Waals surface area (Å²) in [6.07, 6.45) is 1.65. The highest BCUT2D eigenvalue weighted by Crippen LogP contribution is 2.28. The third-order valence-electron chi connectivity index (χ3n) is 3.59. The van der Waals surface area contributed by atoms with E-state index < -0.39 is 5.97 Å². The summed E-state index contributed by atoms with van der Waals surface area (Å²) in [6.45, 7) is 1.29. The zero-order chi connectivity index (χ0) is 14.7. The molecule has 1 unspecified atom stereocenters. The zero-order valence-electron chi connectivity index (χ0n) is 11.5. The minimum Gasteiger partial charge on any atom is -0.465 e. The molecular weight excluding hydrogens is 258 g/mol. The van der Waals surface area contributed by atoms with Crippen molar-refractivity contribution in [1.29, 1.82) is 0 Å². The summed E-state index contributed by atoms with van der Waals surface area (Å²) < 4.78 is 4.78. The van der Waals surface area contributed by atoms with Crippen molar-refractivity contribution in [2.45, 2.75) is 12.8 Å². The van der Waals surface area contributed by atoms with Crippen molar-refractivity contribution >= 4 is 23.3 Å². The van der Waals surface area contributed by atoms with Gasteiger partial charge in [0.05, 0.1) is 24.3 Å². The lowest BCUT2D eigenvalue weighted by atomic mass is 9.96. The molecule has 0 saturated carbocycles. The number of carbonyl (C=O) groups excluding carboxylic acids is 2. The molecule has 6 nitrogen and oxygen atoms in total. The quantitative estimate of drug-likeness (QED) is 0.627. The van der Waals surface area contributed by atoms with Gasteiger partial charge in [-0.2, -0.15) is 0 Å². The highest BCUT2D eigenvalue weighted by molar-refractivity contribution is 5.97. The molecule has 1 atom stereocenters. The van der Waals surface area contributed by atoms with Gasteiger partial charge >= 0.3 is 5.97 Å². The molecule has 4 N–H and O–H groups in total. The van der Waals surface area contributed by atoms with E-state index in [2.05, 4.69) is 0 Å². The number of hydrogen-bond donors (Lipinski definition) is 2. The van der Waals surface area contributed by atoms with E-state index in [9.17, 15) is 9.59 Å². The first-order valence-electron chi connectivity index (χ1n) is 6.55. The van der Waals surface area contributed by atoms with E-state index in [1.165, 1.54) is 7.11 Å². The third kappa shape index (κ3) is 2.84. The van der Waals surface area contributed by atoms with Crippen LogP contribution in [0.15, 0.2) is 18.2 Å². The molecule has 108 valence electrons. The van der Waals surface area contributed by atoms with Crippen LogP contribution < -0.4 is 16.4 Å². The largest absolute Gasteiger partial charge is 0.465 e. The van der Waals surface area contributed by atoms with Crippen LogP contribution in [0.25, 0.3) is 0 Å². The maximum atomic E-state index is 11.8. The highest BCUT2D eigenvalue weighted by Gasteiger charge is 2.26. The highest BCUT2D eigenvalue weighted by atomic mass is 16.5. The van der Waals surface area contributed by atoms with Gasteiger partial charge in [-0.1, -0.05) is 0 Å². The Bertz CT molecular complexity index is 530. The number of carbonyl (C=O) groups is 2. The number of nitrogens with two attached hydrogens (primary N) is 2. The van der Waals surface area contributed by atoms with Gasteiger partial charge in [-0.05, 0) is 31.0 Å². The molecule has 0 aromatic heterocycles. The van der Waals surface area contributed by atoms with Crippen LogP contribution in [-0.4, -0.2) is 32.1 Å². The average Bonchev–Trinajstić information content (AvgIpc) is 2.46. The van der Waals surface area contributed by atoms with Crippen LogP contribution in [0.2, 0.25) is 0 Å². The summed E-state index contributed by atoms with van der Waals surface area (Å²) in [5.41, 5.74) is 12.7. The number of ether oxygens (including phenoxy) is 1. The van der Waals surface area contributed by atoms with E-state index in [0.29, 0.717) is 17.8 Å². The number of benzene rings is 1. The lowest BCUT2D eigenvalue weighted by molar-refractivity contribution is -0.122. The summed E-state index contributed by atoms with van der Waals surface area (Å²) in [5, 5.41) is 0. The van der Waals surface area contributed by atoms with E-state index >= 15 is 0 Å². The molecule has 6 heteroatoms. The van der Waals surface area contributed by atoms with Crippen LogP contribution in [0.5, 0.6) is 0 Å². The van der Waals surface area contributed by atoms with Gasteiger partial charge in [0.2, 0.25) is 5.91 Å². The molecule has 1 aliphatic rings. The second-order valence-corrected chi connectivity index (χ2v) is 4.96. The maximum Gasteiger partial charge on any atom is 0.340 e. The summed E-state index contributed by atoms with van der Waals surface area (Å²) in [7, 11) is 1.33. The van der Waals surface area contributed by atoms with Gasteiger partial charge in [0.15, 0.2) is 0 Å². The second kappa shape index (κ2) is 5.81. The zero-order valence-corrected chi connectivity index (χ0v) is 11.5. The Labute approximate surface area is 117 Å². The Morgan fingerprint density at radius 2 is 2.15 bits per heavy atom. The smallest absolute Gasteiger partial charge is 0.340 e. The minimum atomic E-state index is -0.437.